The van der Waals surface area contributed by atoms with E-state index in [1.807, 2.05) is 6.92 Å². The minimum Gasteiger partial charge on any atom is -0.494 e. The Hall–Kier alpha value is -2.96. The lowest BCUT2D eigenvalue weighted by atomic mass is 10.3. The fourth-order valence-electron chi connectivity index (χ4n) is 1.51. The molecular weight excluding hydrogens is 272 g/mol. The minimum atomic E-state index is -0.838. The van der Waals surface area contributed by atoms with E-state index < -0.39 is 11.8 Å². The van der Waals surface area contributed by atoms with Gasteiger partial charge in [-0.25, -0.2) is 9.97 Å². The van der Waals surface area contributed by atoms with E-state index in [-0.39, 0.29) is 5.95 Å². The van der Waals surface area contributed by atoms with Crippen molar-refractivity contribution >= 4 is 23.5 Å². The van der Waals surface area contributed by atoms with Crippen molar-refractivity contribution in [3.05, 3.63) is 42.7 Å². The molecule has 0 aliphatic rings. The Bertz CT molecular complexity index is 614. The Morgan fingerprint density at radius 1 is 1.05 bits per heavy atom. The molecule has 1 aromatic carbocycles. The van der Waals surface area contributed by atoms with Crippen LogP contribution in [0.3, 0.4) is 0 Å². The lowest BCUT2D eigenvalue weighted by molar-refractivity contribution is -0.133. The number of aromatic nitrogens is 2. The van der Waals surface area contributed by atoms with Gasteiger partial charge >= 0.3 is 11.8 Å². The van der Waals surface area contributed by atoms with Crippen LogP contribution < -0.4 is 15.4 Å². The number of rotatable bonds is 4. The number of hydrogen-bond acceptors (Lipinski definition) is 5. The average Bonchev–Trinajstić information content (AvgIpc) is 2.50. The van der Waals surface area contributed by atoms with Crippen molar-refractivity contribution in [3.8, 4) is 5.75 Å². The summed E-state index contributed by atoms with van der Waals surface area (Å²) in [7, 11) is 0. The van der Waals surface area contributed by atoms with Gasteiger partial charge in [-0.05, 0) is 37.3 Å². The first-order valence-electron chi connectivity index (χ1n) is 6.31. The van der Waals surface area contributed by atoms with Crippen molar-refractivity contribution in [3.63, 3.8) is 0 Å². The molecule has 1 aromatic heterocycles. The SMILES string of the molecule is CCOc1ccc(NC(=O)C(=O)Nc2ncccn2)cc1. The summed E-state index contributed by atoms with van der Waals surface area (Å²) in [5.74, 6) is -0.872. The molecule has 7 nitrogen and oxygen atoms in total. The largest absolute Gasteiger partial charge is 0.494 e. The monoisotopic (exact) mass is 286 g/mol. The highest BCUT2D eigenvalue weighted by atomic mass is 16.5. The molecule has 2 amide bonds. The molecule has 7 heteroatoms. The van der Waals surface area contributed by atoms with Crippen LogP contribution in [0.1, 0.15) is 6.92 Å². The molecule has 108 valence electrons. The van der Waals surface area contributed by atoms with Gasteiger partial charge in [-0.2, -0.15) is 0 Å². The van der Waals surface area contributed by atoms with E-state index in [0.717, 1.165) is 0 Å². The number of carbonyl (C=O) groups excluding carboxylic acids is 2. The molecule has 0 saturated carbocycles. The summed E-state index contributed by atoms with van der Waals surface area (Å²) < 4.78 is 5.28. The Morgan fingerprint density at radius 2 is 1.67 bits per heavy atom. The number of ether oxygens (including phenoxy) is 1. The minimum absolute atomic E-state index is 0.0735. The molecule has 0 radical (unpaired) electrons. The summed E-state index contributed by atoms with van der Waals surface area (Å²) in [6, 6.07) is 8.31. The molecule has 1 heterocycles. The number of hydrogen-bond donors (Lipinski definition) is 2. The van der Waals surface area contributed by atoms with Crippen molar-refractivity contribution in [2.75, 3.05) is 17.2 Å². The van der Waals surface area contributed by atoms with Crippen LogP contribution >= 0.6 is 0 Å². The lowest BCUT2D eigenvalue weighted by Gasteiger charge is -2.07. The summed E-state index contributed by atoms with van der Waals surface area (Å²) in [6.07, 6.45) is 2.93. The van der Waals surface area contributed by atoms with Crippen LogP contribution in [0.2, 0.25) is 0 Å². The highest BCUT2D eigenvalue weighted by Crippen LogP contribution is 2.15. The van der Waals surface area contributed by atoms with Crippen LogP contribution in [-0.4, -0.2) is 28.4 Å². The van der Waals surface area contributed by atoms with Gasteiger partial charge in [-0.3, -0.25) is 14.9 Å². The predicted molar refractivity (Wildman–Crippen MR) is 76.9 cm³/mol. The number of anilines is 2. The molecule has 0 saturated heterocycles. The van der Waals surface area contributed by atoms with Crippen LogP contribution in [-0.2, 0) is 9.59 Å². The predicted octanol–water partition coefficient (Wildman–Crippen LogP) is 1.45. The van der Waals surface area contributed by atoms with Crippen molar-refractivity contribution in [2.45, 2.75) is 6.92 Å². The standard InChI is InChI=1S/C14H14N4O3/c1-2-21-11-6-4-10(5-7-11)17-12(19)13(20)18-14-15-8-3-9-16-14/h3-9H,2H2,1H3,(H,17,19)(H,15,16,18,20). The molecule has 2 N–H and O–H groups in total. The highest BCUT2D eigenvalue weighted by Gasteiger charge is 2.14. The van der Waals surface area contributed by atoms with Crippen molar-refractivity contribution in [1.82, 2.24) is 9.97 Å². The fourth-order valence-corrected chi connectivity index (χ4v) is 1.51. The number of benzene rings is 1. The normalized spacial score (nSPS) is 9.76. The average molecular weight is 286 g/mol. The molecule has 21 heavy (non-hydrogen) atoms. The summed E-state index contributed by atoms with van der Waals surface area (Å²) in [5, 5.41) is 4.76. The fraction of sp³-hybridized carbons (Fsp3) is 0.143. The van der Waals surface area contributed by atoms with Gasteiger partial charge in [0.2, 0.25) is 5.95 Å². The summed E-state index contributed by atoms with van der Waals surface area (Å²) in [4.78, 5) is 31.0. The van der Waals surface area contributed by atoms with Gasteiger partial charge in [0.05, 0.1) is 6.61 Å². The van der Waals surface area contributed by atoms with Crippen LogP contribution in [0, 0.1) is 0 Å². The van der Waals surface area contributed by atoms with E-state index in [1.54, 1.807) is 30.3 Å². The second-order valence-corrected chi connectivity index (χ2v) is 3.94. The maximum Gasteiger partial charge on any atom is 0.316 e. The number of nitrogens with zero attached hydrogens (tertiary/aromatic N) is 2. The van der Waals surface area contributed by atoms with E-state index in [4.69, 9.17) is 4.74 Å². The number of carbonyl (C=O) groups is 2. The first-order chi connectivity index (χ1) is 10.2. The quantitative estimate of drug-likeness (QED) is 0.830. The second kappa shape index (κ2) is 6.99. The Balaban J connectivity index is 1.92. The molecule has 0 unspecified atom stereocenters. The van der Waals surface area contributed by atoms with Gasteiger partial charge < -0.3 is 10.1 Å². The smallest absolute Gasteiger partial charge is 0.316 e. The molecule has 0 bridgehead atoms. The van der Waals surface area contributed by atoms with Crippen molar-refractivity contribution in [2.24, 2.45) is 0 Å². The zero-order chi connectivity index (χ0) is 15.1. The first-order valence-corrected chi connectivity index (χ1v) is 6.31. The number of amides is 2. The Morgan fingerprint density at radius 3 is 2.29 bits per heavy atom. The summed E-state index contributed by atoms with van der Waals surface area (Å²) in [5.41, 5.74) is 0.493. The summed E-state index contributed by atoms with van der Waals surface area (Å²) >= 11 is 0. The third-order valence-electron chi connectivity index (χ3n) is 2.42. The highest BCUT2D eigenvalue weighted by molar-refractivity contribution is 6.43. The van der Waals surface area contributed by atoms with Crippen molar-refractivity contribution < 1.29 is 14.3 Å². The molecule has 0 aliphatic carbocycles. The third-order valence-corrected chi connectivity index (χ3v) is 2.42. The zero-order valence-electron chi connectivity index (χ0n) is 11.4. The van der Waals surface area contributed by atoms with Crippen LogP contribution in [0.5, 0.6) is 5.75 Å². The van der Waals surface area contributed by atoms with E-state index >= 15 is 0 Å². The van der Waals surface area contributed by atoms with E-state index in [0.29, 0.717) is 18.0 Å². The second-order valence-electron chi connectivity index (χ2n) is 3.94. The molecule has 0 atom stereocenters. The van der Waals surface area contributed by atoms with Crippen molar-refractivity contribution in [1.29, 1.82) is 0 Å². The van der Waals surface area contributed by atoms with Gasteiger partial charge in [-0.15, -0.1) is 0 Å². The van der Waals surface area contributed by atoms with Gasteiger partial charge in [0, 0.05) is 18.1 Å². The number of nitrogens with one attached hydrogen (secondary N) is 2. The molecule has 0 aliphatic heterocycles. The van der Waals surface area contributed by atoms with E-state index in [9.17, 15) is 9.59 Å². The third kappa shape index (κ3) is 4.27. The molecule has 0 spiro atoms. The lowest BCUT2D eigenvalue weighted by Crippen LogP contribution is -2.29. The summed E-state index contributed by atoms with van der Waals surface area (Å²) in [6.45, 7) is 2.44. The Labute approximate surface area is 121 Å². The van der Waals surface area contributed by atoms with Crippen LogP contribution in [0.4, 0.5) is 11.6 Å². The maximum absolute atomic E-state index is 11.7. The molecule has 2 aromatic rings. The maximum atomic E-state index is 11.7. The molecule has 2 rings (SSSR count). The van der Waals surface area contributed by atoms with Crippen LogP contribution in [0.25, 0.3) is 0 Å². The topological polar surface area (TPSA) is 93.2 Å². The van der Waals surface area contributed by atoms with Gasteiger partial charge in [0.15, 0.2) is 0 Å². The van der Waals surface area contributed by atoms with Gasteiger partial charge in [-0.1, -0.05) is 0 Å². The first kappa shape index (κ1) is 14.4. The molecule has 0 fully saturated rings. The zero-order valence-corrected chi connectivity index (χ0v) is 11.4. The van der Waals surface area contributed by atoms with Crippen LogP contribution in [0.15, 0.2) is 42.7 Å². The van der Waals surface area contributed by atoms with Gasteiger partial charge in [0.25, 0.3) is 0 Å². The van der Waals surface area contributed by atoms with E-state index in [2.05, 4.69) is 20.6 Å². The van der Waals surface area contributed by atoms with Gasteiger partial charge in [0.1, 0.15) is 5.75 Å². The van der Waals surface area contributed by atoms with E-state index in [1.165, 1.54) is 12.4 Å². The Kier molecular flexibility index (Phi) is 4.81. The molecular formula is C14H14N4O3.